The van der Waals surface area contributed by atoms with Gasteiger partial charge >= 0.3 is 0 Å². The average molecular weight is 261 g/mol. The van der Waals surface area contributed by atoms with Crippen LogP contribution in [0, 0.1) is 0 Å². The molecule has 0 bridgehead atoms. The van der Waals surface area contributed by atoms with E-state index >= 15 is 0 Å². The van der Waals surface area contributed by atoms with Gasteiger partial charge in [-0.15, -0.1) is 11.8 Å². The molecule has 94 valence electrons. The summed E-state index contributed by atoms with van der Waals surface area (Å²) in [4.78, 5) is 5.36. The molecule has 1 heterocycles. The molecule has 2 rings (SSSR count). The van der Waals surface area contributed by atoms with E-state index < -0.39 is 0 Å². The van der Waals surface area contributed by atoms with Gasteiger partial charge < -0.3 is 10.9 Å². The molecule has 5 heteroatoms. The summed E-state index contributed by atoms with van der Waals surface area (Å²) in [5.41, 5.74) is 7.32. The van der Waals surface area contributed by atoms with E-state index in [2.05, 4.69) is 17.1 Å². The average Bonchev–Trinajstić information content (AvgIpc) is 2.43. The van der Waals surface area contributed by atoms with Gasteiger partial charge in [0, 0.05) is 16.5 Å². The number of benzene rings is 1. The van der Waals surface area contributed by atoms with E-state index in [1.165, 1.54) is 0 Å². The third-order valence-electron chi connectivity index (χ3n) is 2.56. The van der Waals surface area contributed by atoms with Crippen molar-refractivity contribution < 1.29 is 5.21 Å². The smallest absolute Gasteiger partial charge is 0.172 e. The Bertz CT molecular complexity index is 583. The molecule has 1 aromatic heterocycles. The Morgan fingerprint density at radius 1 is 1.44 bits per heavy atom. The van der Waals surface area contributed by atoms with Crippen molar-refractivity contribution in [3.8, 4) is 0 Å². The number of fused-ring (bicyclic) bond motifs is 1. The molecule has 4 nitrogen and oxygen atoms in total. The molecular formula is C13H15N3OS. The lowest BCUT2D eigenvalue weighted by atomic mass is 10.1. The second kappa shape index (κ2) is 5.73. The number of thioether (sulfide) groups is 1. The van der Waals surface area contributed by atoms with Crippen LogP contribution in [0.1, 0.15) is 18.9 Å². The van der Waals surface area contributed by atoms with Gasteiger partial charge in [0.2, 0.25) is 0 Å². The maximum absolute atomic E-state index is 8.84. The normalized spacial score (nSPS) is 11.9. The van der Waals surface area contributed by atoms with Gasteiger partial charge in [0.15, 0.2) is 5.84 Å². The van der Waals surface area contributed by atoms with Crippen LogP contribution in [0.2, 0.25) is 0 Å². The number of hydrogen-bond acceptors (Lipinski definition) is 4. The number of para-hydroxylation sites is 1. The molecule has 0 spiro atoms. The van der Waals surface area contributed by atoms with Crippen molar-refractivity contribution >= 4 is 28.5 Å². The summed E-state index contributed by atoms with van der Waals surface area (Å²) < 4.78 is 0. The standard InChI is InChI=1S/C13H15N3OS/c1-2-7-18-12-9-5-3-4-6-11(9)15-8-10(12)13(14)16-17/h3-6,8,17H,2,7H2,1H3,(H2,14,16). The minimum absolute atomic E-state index is 0.104. The molecule has 0 unspecified atom stereocenters. The molecule has 0 atom stereocenters. The summed E-state index contributed by atoms with van der Waals surface area (Å²) in [5.74, 6) is 1.09. The van der Waals surface area contributed by atoms with E-state index in [1.807, 2.05) is 24.3 Å². The molecule has 0 saturated carbocycles. The molecule has 0 aliphatic rings. The maximum Gasteiger partial charge on any atom is 0.172 e. The molecular weight excluding hydrogens is 246 g/mol. The quantitative estimate of drug-likeness (QED) is 0.292. The van der Waals surface area contributed by atoms with Crippen LogP contribution in [0.3, 0.4) is 0 Å². The predicted molar refractivity (Wildman–Crippen MR) is 75.3 cm³/mol. The van der Waals surface area contributed by atoms with Crippen molar-refractivity contribution in [2.75, 3.05) is 5.75 Å². The van der Waals surface area contributed by atoms with E-state index in [0.29, 0.717) is 5.56 Å². The molecule has 0 radical (unpaired) electrons. The lowest BCUT2D eigenvalue weighted by Gasteiger charge is -2.10. The van der Waals surface area contributed by atoms with Crippen LogP contribution in [-0.4, -0.2) is 21.8 Å². The topological polar surface area (TPSA) is 71.5 Å². The molecule has 0 aliphatic carbocycles. The van der Waals surface area contributed by atoms with Gasteiger partial charge in [-0.2, -0.15) is 0 Å². The first-order chi connectivity index (χ1) is 8.77. The van der Waals surface area contributed by atoms with Crippen LogP contribution in [0.5, 0.6) is 0 Å². The van der Waals surface area contributed by atoms with E-state index in [-0.39, 0.29) is 5.84 Å². The maximum atomic E-state index is 8.84. The van der Waals surface area contributed by atoms with Gasteiger partial charge in [-0.3, -0.25) is 4.98 Å². The third kappa shape index (κ3) is 2.41. The zero-order valence-electron chi connectivity index (χ0n) is 10.1. The fourth-order valence-corrected chi connectivity index (χ4v) is 2.76. The number of rotatable bonds is 4. The molecule has 0 saturated heterocycles. The first-order valence-corrected chi connectivity index (χ1v) is 6.75. The number of nitrogens with zero attached hydrogens (tertiary/aromatic N) is 2. The van der Waals surface area contributed by atoms with Crippen molar-refractivity contribution in [2.45, 2.75) is 18.2 Å². The number of amidine groups is 1. The summed E-state index contributed by atoms with van der Waals surface area (Å²) in [5, 5.41) is 13.0. The summed E-state index contributed by atoms with van der Waals surface area (Å²) in [6.07, 6.45) is 2.73. The predicted octanol–water partition coefficient (Wildman–Crippen LogP) is 2.83. The second-order valence-electron chi connectivity index (χ2n) is 3.85. The summed E-state index contributed by atoms with van der Waals surface area (Å²) >= 11 is 1.71. The van der Waals surface area contributed by atoms with E-state index in [4.69, 9.17) is 10.9 Å². The van der Waals surface area contributed by atoms with Crippen LogP contribution in [0.4, 0.5) is 0 Å². The zero-order valence-corrected chi connectivity index (χ0v) is 10.9. The van der Waals surface area contributed by atoms with E-state index in [1.54, 1.807) is 18.0 Å². The fraction of sp³-hybridized carbons (Fsp3) is 0.231. The summed E-state index contributed by atoms with van der Waals surface area (Å²) in [7, 11) is 0. The Labute approximate surface area is 110 Å². The summed E-state index contributed by atoms with van der Waals surface area (Å²) in [6.45, 7) is 2.12. The number of aromatic nitrogens is 1. The van der Waals surface area contributed by atoms with E-state index in [0.717, 1.165) is 28.0 Å². The molecule has 0 fully saturated rings. The van der Waals surface area contributed by atoms with Gasteiger partial charge in [-0.25, -0.2) is 0 Å². The number of pyridine rings is 1. The lowest BCUT2D eigenvalue weighted by molar-refractivity contribution is 0.318. The highest BCUT2D eigenvalue weighted by Gasteiger charge is 2.12. The fourth-order valence-electron chi connectivity index (χ4n) is 1.71. The highest BCUT2D eigenvalue weighted by Crippen LogP contribution is 2.30. The minimum atomic E-state index is 0.104. The first-order valence-electron chi connectivity index (χ1n) is 5.76. The van der Waals surface area contributed by atoms with Crippen molar-refractivity contribution in [3.63, 3.8) is 0 Å². The molecule has 0 amide bonds. The van der Waals surface area contributed by atoms with Gasteiger partial charge in [0.25, 0.3) is 0 Å². The van der Waals surface area contributed by atoms with E-state index in [9.17, 15) is 0 Å². The van der Waals surface area contributed by atoms with Crippen LogP contribution >= 0.6 is 11.8 Å². The second-order valence-corrected chi connectivity index (χ2v) is 4.96. The number of nitrogens with two attached hydrogens (primary N) is 1. The Balaban J connectivity index is 2.63. The third-order valence-corrected chi connectivity index (χ3v) is 3.90. The molecule has 2 aromatic rings. The Morgan fingerprint density at radius 3 is 2.94 bits per heavy atom. The van der Waals surface area contributed by atoms with Gasteiger partial charge in [0.1, 0.15) is 0 Å². The Hall–Kier alpha value is -1.75. The summed E-state index contributed by atoms with van der Waals surface area (Å²) in [6, 6.07) is 7.89. The number of hydrogen-bond donors (Lipinski definition) is 2. The molecule has 0 aliphatic heterocycles. The van der Waals surface area contributed by atoms with Crippen molar-refractivity contribution in [3.05, 3.63) is 36.0 Å². The molecule has 3 N–H and O–H groups in total. The molecule has 1 aromatic carbocycles. The van der Waals surface area contributed by atoms with Crippen LogP contribution in [-0.2, 0) is 0 Å². The highest BCUT2D eigenvalue weighted by molar-refractivity contribution is 7.99. The van der Waals surface area contributed by atoms with Crippen LogP contribution in [0.15, 0.2) is 40.5 Å². The Morgan fingerprint density at radius 2 is 2.22 bits per heavy atom. The van der Waals surface area contributed by atoms with Gasteiger partial charge in [0.05, 0.1) is 11.1 Å². The SMILES string of the molecule is CCCSc1c(/C(N)=N/O)cnc2ccccc12. The van der Waals surface area contributed by atoms with Crippen molar-refractivity contribution in [1.82, 2.24) is 4.98 Å². The largest absolute Gasteiger partial charge is 0.409 e. The van der Waals surface area contributed by atoms with Crippen molar-refractivity contribution in [2.24, 2.45) is 10.9 Å². The van der Waals surface area contributed by atoms with Crippen molar-refractivity contribution in [1.29, 1.82) is 0 Å². The lowest BCUT2D eigenvalue weighted by Crippen LogP contribution is -2.15. The zero-order chi connectivity index (χ0) is 13.0. The van der Waals surface area contributed by atoms with Gasteiger partial charge in [-0.1, -0.05) is 30.3 Å². The highest BCUT2D eigenvalue weighted by atomic mass is 32.2. The van der Waals surface area contributed by atoms with Crippen LogP contribution < -0.4 is 5.73 Å². The first kappa shape index (κ1) is 12.7. The van der Waals surface area contributed by atoms with Crippen LogP contribution in [0.25, 0.3) is 10.9 Å². The molecule has 18 heavy (non-hydrogen) atoms. The Kier molecular flexibility index (Phi) is 4.04. The number of oxime groups is 1. The van der Waals surface area contributed by atoms with Gasteiger partial charge in [-0.05, 0) is 18.2 Å². The minimum Gasteiger partial charge on any atom is -0.409 e. The monoisotopic (exact) mass is 261 g/mol.